The van der Waals surface area contributed by atoms with E-state index in [1.807, 2.05) is 49.2 Å². The van der Waals surface area contributed by atoms with Gasteiger partial charge in [-0.3, -0.25) is 0 Å². The molecule has 0 bridgehead atoms. The highest BCUT2D eigenvalue weighted by Crippen LogP contribution is 2.39. The number of amides is 1. The lowest BCUT2D eigenvalue weighted by Crippen LogP contribution is -2.43. The van der Waals surface area contributed by atoms with Crippen molar-refractivity contribution in [1.29, 1.82) is 0 Å². The Bertz CT molecular complexity index is 298. The standard InChI is InChI=1S/C13H23NO2S2/c1-13(2,3)16-12(15)14-7-4-6-10(14)11-17-8-5-9-18-11/h10-11H,4-9H2,1-3H3. The molecule has 18 heavy (non-hydrogen) atoms. The number of hydrogen-bond donors (Lipinski definition) is 0. The lowest BCUT2D eigenvalue weighted by atomic mass is 10.2. The van der Waals surface area contributed by atoms with Crippen LogP contribution in [0.25, 0.3) is 0 Å². The second-order valence-corrected chi connectivity index (χ2v) is 8.64. The number of rotatable bonds is 1. The molecule has 0 aromatic rings. The van der Waals surface area contributed by atoms with Crippen LogP contribution in [0.15, 0.2) is 0 Å². The number of ether oxygens (including phenoxy) is 1. The Morgan fingerprint density at radius 3 is 2.50 bits per heavy atom. The molecule has 0 aliphatic carbocycles. The van der Waals surface area contributed by atoms with Gasteiger partial charge in [-0.2, -0.15) is 0 Å². The number of carbonyl (C=O) groups excluding carboxylic acids is 1. The average molecular weight is 289 g/mol. The third-order valence-corrected chi connectivity index (χ3v) is 6.24. The molecule has 0 radical (unpaired) electrons. The highest BCUT2D eigenvalue weighted by atomic mass is 32.2. The van der Waals surface area contributed by atoms with Crippen LogP contribution >= 0.6 is 23.5 Å². The summed E-state index contributed by atoms with van der Waals surface area (Å²) in [5.74, 6) is 2.46. The Labute approximate surface area is 118 Å². The molecule has 0 aromatic heterocycles. The fourth-order valence-corrected chi connectivity index (χ4v) is 5.59. The summed E-state index contributed by atoms with van der Waals surface area (Å²) in [6.07, 6.45) is 3.41. The fourth-order valence-electron chi connectivity index (χ4n) is 2.35. The van der Waals surface area contributed by atoms with Crippen molar-refractivity contribution in [2.24, 2.45) is 0 Å². The molecule has 3 nitrogen and oxygen atoms in total. The zero-order valence-corrected chi connectivity index (χ0v) is 13.1. The summed E-state index contributed by atoms with van der Waals surface area (Å²) in [6.45, 7) is 6.65. The lowest BCUT2D eigenvalue weighted by Gasteiger charge is -2.34. The average Bonchev–Trinajstić information content (AvgIpc) is 2.76. The maximum absolute atomic E-state index is 12.2. The van der Waals surface area contributed by atoms with Gasteiger partial charge in [0.1, 0.15) is 5.60 Å². The fraction of sp³-hybridized carbons (Fsp3) is 0.923. The van der Waals surface area contributed by atoms with Crippen LogP contribution < -0.4 is 0 Å². The molecule has 2 heterocycles. The maximum Gasteiger partial charge on any atom is 0.410 e. The molecule has 1 amide bonds. The summed E-state index contributed by atoms with van der Waals surface area (Å²) in [6, 6.07) is 0.371. The van der Waals surface area contributed by atoms with Crippen LogP contribution in [0.2, 0.25) is 0 Å². The molecule has 104 valence electrons. The van der Waals surface area contributed by atoms with E-state index in [4.69, 9.17) is 4.74 Å². The number of carbonyl (C=O) groups is 1. The summed E-state index contributed by atoms with van der Waals surface area (Å²) in [7, 11) is 0. The van der Waals surface area contributed by atoms with Gasteiger partial charge < -0.3 is 9.64 Å². The van der Waals surface area contributed by atoms with Gasteiger partial charge in [0.2, 0.25) is 0 Å². The molecular weight excluding hydrogens is 266 g/mol. The molecule has 2 rings (SSSR count). The number of thioether (sulfide) groups is 2. The Morgan fingerprint density at radius 1 is 1.22 bits per heavy atom. The zero-order chi connectivity index (χ0) is 13.2. The molecule has 0 saturated carbocycles. The monoisotopic (exact) mass is 289 g/mol. The Kier molecular flexibility index (Phi) is 4.75. The van der Waals surface area contributed by atoms with Crippen LogP contribution in [0.5, 0.6) is 0 Å². The number of likely N-dealkylation sites (tertiary alicyclic amines) is 1. The first kappa shape index (κ1) is 14.4. The minimum absolute atomic E-state index is 0.128. The second-order valence-electron chi connectivity index (χ2n) is 5.85. The van der Waals surface area contributed by atoms with Crippen LogP contribution in [-0.2, 0) is 4.74 Å². The molecule has 2 aliphatic heterocycles. The van der Waals surface area contributed by atoms with Crippen molar-refractivity contribution >= 4 is 29.6 Å². The van der Waals surface area contributed by atoms with E-state index in [9.17, 15) is 4.79 Å². The van der Waals surface area contributed by atoms with Gasteiger partial charge in [-0.1, -0.05) is 0 Å². The molecule has 2 aliphatic rings. The minimum atomic E-state index is -0.392. The third-order valence-electron chi connectivity index (χ3n) is 3.09. The van der Waals surface area contributed by atoms with Gasteiger partial charge in [-0.15, -0.1) is 23.5 Å². The van der Waals surface area contributed by atoms with Crippen molar-refractivity contribution in [2.75, 3.05) is 18.1 Å². The summed E-state index contributed by atoms with van der Waals surface area (Å²) < 4.78 is 6.06. The first-order valence-corrected chi connectivity index (χ1v) is 8.80. The lowest BCUT2D eigenvalue weighted by molar-refractivity contribution is 0.0237. The second kappa shape index (κ2) is 5.95. The van der Waals surface area contributed by atoms with Gasteiger partial charge in [0, 0.05) is 6.54 Å². The van der Waals surface area contributed by atoms with E-state index >= 15 is 0 Å². The maximum atomic E-state index is 12.2. The summed E-state index contributed by atoms with van der Waals surface area (Å²) in [5, 5.41) is 0. The van der Waals surface area contributed by atoms with E-state index in [0.29, 0.717) is 10.6 Å². The van der Waals surface area contributed by atoms with Gasteiger partial charge in [-0.25, -0.2) is 4.79 Å². The van der Waals surface area contributed by atoms with E-state index < -0.39 is 5.60 Å². The Morgan fingerprint density at radius 2 is 1.89 bits per heavy atom. The summed E-state index contributed by atoms with van der Waals surface area (Å²) >= 11 is 4.03. The van der Waals surface area contributed by atoms with Gasteiger partial charge in [-0.05, 0) is 51.5 Å². The Balaban J connectivity index is 1.96. The normalized spacial score (nSPS) is 26.4. The molecule has 1 atom stereocenters. The van der Waals surface area contributed by atoms with Crippen LogP contribution in [0.1, 0.15) is 40.0 Å². The van der Waals surface area contributed by atoms with Crippen molar-refractivity contribution in [3.05, 3.63) is 0 Å². The molecule has 0 aromatic carbocycles. The van der Waals surface area contributed by atoms with E-state index in [1.165, 1.54) is 17.9 Å². The molecule has 2 fully saturated rings. The molecule has 0 spiro atoms. The third kappa shape index (κ3) is 3.73. The van der Waals surface area contributed by atoms with Gasteiger partial charge >= 0.3 is 6.09 Å². The van der Waals surface area contributed by atoms with Crippen molar-refractivity contribution in [3.63, 3.8) is 0 Å². The highest BCUT2D eigenvalue weighted by molar-refractivity contribution is 8.17. The van der Waals surface area contributed by atoms with Crippen molar-refractivity contribution in [3.8, 4) is 0 Å². The molecular formula is C13H23NO2S2. The topological polar surface area (TPSA) is 29.5 Å². The van der Waals surface area contributed by atoms with E-state index in [-0.39, 0.29) is 6.09 Å². The summed E-state index contributed by atoms with van der Waals surface area (Å²) in [4.78, 5) is 14.2. The quantitative estimate of drug-likeness (QED) is 0.738. The molecule has 0 N–H and O–H groups in total. The van der Waals surface area contributed by atoms with Gasteiger partial charge in [0.05, 0.1) is 10.6 Å². The zero-order valence-electron chi connectivity index (χ0n) is 11.5. The van der Waals surface area contributed by atoms with Crippen LogP contribution in [0.3, 0.4) is 0 Å². The smallest absolute Gasteiger partial charge is 0.410 e. The van der Waals surface area contributed by atoms with Crippen molar-refractivity contribution in [2.45, 2.75) is 56.3 Å². The van der Waals surface area contributed by atoms with E-state index in [2.05, 4.69) is 0 Å². The first-order valence-electron chi connectivity index (χ1n) is 6.70. The Hall–Kier alpha value is -0.0300. The first-order chi connectivity index (χ1) is 8.47. The number of nitrogens with zero attached hydrogens (tertiary/aromatic N) is 1. The number of hydrogen-bond acceptors (Lipinski definition) is 4. The van der Waals surface area contributed by atoms with E-state index in [1.54, 1.807) is 0 Å². The SMILES string of the molecule is CC(C)(C)OC(=O)N1CCCC1C1SCCCS1. The van der Waals surface area contributed by atoms with Crippen molar-refractivity contribution < 1.29 is 9.53 Å². The van der Waals surface area contributed by atoms with Gasteiger partial charge in [0.15, 0.2) is 0 Å². The van der Waals surface area contributed by atoms with Crippen molar-refractivity contribution in [1.82, 2.24) is 4.90 Å². The van der Waals surface area contributed by atoms with Gasteiger partial charge in [0.25, 0.3) is 0 Å². The van der Waals surface area contributed by atoms with E-state index in [0.717, 1.165) is 19.4 Å². The minimum Gasteiger partial charge on any atom is -0.444 e. The van der Waals surface area contributed by atoms with Crippen LogP contribution in [0, 0.1) is 0 Å². The van der Waals surface area contributed by atoms with Crippen LogP contribution in [0.4, 0.5) is 4.79 Å². The predicted octanol–water partition coefficient (Wildman–Crippen LogP) is 3.58. The highest BCUT2D eigenvalue weighted by Gasteiger charge is 2.38. The largest absolute Gasteiger partial charge is 0.444 e. The molecule has 5 heteroatoms. The predicted molar refractivity (Wildman–Crippen MR) is 79.3 cm³/mol. The van der Waals surface area contributed by atoms with Crippen LogP contribution in [-0.4, -0.2) is 45.3 Å². The molecule has 1 unspecified atom stereocenters. The molecule has 2 saturated heterocycles. The summed E-state index contributed by atoms with van der Waals surface area (Å²) in [5.41, 5.74) is -0.392.